The number of hydrazone groups is 1. The molecule has 0 bridgehead atoms. The third kappa shape index (κ3) is 3.94. The van der Waals surface area contributed by atoms with Crippen LogP contribution >= 0.6 is 15.9 Å². The number of hydrogen-bond donors (Lipinski definition) is 1. The molecule has 1 heterocycles. The van der Waals surface area contributed by atoms with Crippen LogP contribution in [0.4, 0.5) is 0 Å². The Labute approximate surface area is 148 Å². The third-order valence-electron chi connectivity index (χ3n) is 3.68. The molecule has 0 atom stereocenters. The summed E-state index contributed by atoms with van der Waals surface area (Å²) in [4.78, 5) is 12.1. The number of amides is 1. The molecule has 0 unspecified atom stereocenters. The topological polar surface area (TPSA) is 59.9 Å². The van der Waals surface area contributed by atoms with Gasteiger partial charge in [0.2, 0.25) is 6.79 Å². The zero-order valence-electron chi connectivity index (χ0n) is 13.2. The van der Waals surface area contributed by atoms with E-state index in [-0.39, 0.29) is 12.7 Å². The van der Waals surface area contributed by atoms with Gasteiger partial charge in [-0.25, -0.2) is 5.43 Å². The zero-order valence-corrected chi connectivity index (χ0v) is 14.8. The summed E-state index contributed by atoms with van der Waals surface area (Å²) in [7, 11) is 0. The summed E-state index contributed by atoms with van der Waals surface area (Å²) >= 11 is 3.36. The van der Waals surface area contributed by atoms with Crippen LogP contribution in [0, 0.1) is 0 Å². The number of aryl methyl sites for hydroxylation is 1. The van der Waals surface area contributed by atoms with Gasteiger partial charge in [0, 0.05) is 10.2 Å². The average Bonchev–Trinajstić information content (AvgIpc) is 3.06. The Hall–Kier alpha value is -2.34. The fourth-order valence-electron chi connectivity index (χ4n) is 2.33. The van der Waals surface area contributed by atoms with E-state index in [1.54, 1.807) is 6.07 Å². The molecule has 1 amide bonds. The molecule has 2 aromatic carbocycles. The quantitative estimate of drug-likeness (QED) is 0.623. The fourth-order valence-corrected chi connectivity index (χ4v) is 2.79. The van der Waals surface area contributed by atoms with Crippen LogP contribution in [-0.4, -0.2) is 18.4 Å². The van der Waals surface area contributed by atoms with Gasteiger partial charge in [-0.3, -0.25) is 4.79 Å². The van der Waals surface area contributed by atoms with E-state index >= 15 is 0 Å². The van der Waals surface area contributed by atoms with Crippen LogP contribution in [0.1, 0.15) is 29.3 Å². The van der Waals surface area contributed by atoms with E-state index in [0.29, 0.717) is 5.56 Å². The van der Waals surface area contributed by atoms with Crippen molar-refractivity contribution in [2.75, 3.05) is 6.79 Å². The van der Waals surface area contributed by atoms with Gasteiger partial charge in [0.15, 0.2) is 11.5 Å². The van der Waals surface area contributed by atoms with E-state index in [9.17, 15) is 4.79 Å². The Kier molecular flexibility index (Phi) is 5.15. The fraction of sp³-hybridized carbons (Fsp3) is 0.222. The second kappa shape index (κ2) is 7.49. The van der Waals surface area contributed by atoms with Crippen molar-refractivity contribution in [2.45, 2.75) is 19.8 Å². The lowest BCUT2D eigenvalue weighted by Gasteiger charge is -2.05. The van der Waals surface area contributed by atoms with Gasteiger partial charge in [0.05, 0.1) is 5.56 Å². The summed E-state index contributed by atoms with van der Waals surface area (Å²) < 4.78 is 11.4. The molecular formula is C18H17BrN2O3. The Bertz CT molecular complexity index is 790. The molecule has 2 aromatic rings. The van der Waals surface area contributed by atoms with Crippen LogP contribution in [-0.2, 0) is 6.42 Å². The van der Waals surface area contributed by atoms with Gasteiger partial charge in [-0.2, -0.15) is 5.10 Å². The molecule has 0 spiro atoms. The Balaban J connectivity index is 1.55. The van der Waals surface area contributed by atoms with Gasteiger partial charge in [-0.1, -0.05) is 18.2 Å². The Morgan fingerprint density at radius 3 is 2.83 bits per heavy atom. The van der Waals surface area contributed by atoms with Gasteiger partial charge in [-0.05, 0) is 65.5 Å². The average molecular weight is 389 g/mol. The summed E-state index contributed by atoms with van der Waals surface area (Å²) in [5.74, 6) is 1.33. The lowest BCUT2D eigenvalue weighted by Crippen LogP contribution is -2.19. The summed E-state index contributed by atoms with van der Waals surface area (Å²) in [6.45, 7) is 2.17. The van der Waals surface area contributed by atoms with Crippen molar-refractivity contribution in [3.63, 3.8) is 0 Å². The van der Waals surface area contributed by atoms with Crippen molar-refractivity contribution >= 4 is 27.5 Å². The number of ether oxygens (including phenoxy) is 2. The first-order chi connectivity index (χ1) is 11.6. The maximum absolute atomic E-state index is 12.1. The van der Waals surface area contributed by atoms with Crippen LogP contribution < -0.4 is 14.9 Å². The molecule has 0 aromatic heterocycles. The summed E-state index contributed by atoms with van der Waals surface area (Å²) in [5, 5.41) is 4.17. The van der Waals surface area contributed by atoms with Crippen LogP contribution in [0.25, 0.3) is 0 Å². The molecule has 6 heteroatoms. The second-order valence-electron chi connectivity index (χ2n) is 5.46. The van der Waals surface area contributed by atoms with E-state index in [2.05, 4.69) is 26.5 Å². The molecule has 1 N–H and O–H groups in total. The monoisotopic (exact) mass is 388 g/mol. The Morgan fingerprint density at radius 1 is 1.21 bits per heavy atom. The summed E-state index contributed by atoms with van der Waals surface area (Å²) in [5.41, 5.74) is 5.15. The van der Waals surface area contributed by atoms with Crippen LogP contribution in [0.15, 0.2) is 52.0 Å². The number of carbonyl (C=O) groups excluding carboxylic acids is 1. The molecule has 0 saturated carbocycles. The highest BCUT2D eigenvalue weighted by Crippen LogP contribution is 2.32. The number of hydrogen-bond acceptors (Lipinski definition) is 4. The van der Waals surface area contributed by atoms with Crippen LogP contribution in [0.2, 0.25) is 0 Å². The van der Waals surface area contributed by atoms with Gasteiger partial charge < -0.3 is 9.47 Å². The standard InChI is InChI=1S/C18H17BrN2O3/c1-12(20-21-18(22)14-4-2-3-5-15(14)19)6-7-13-8-9-16-17(10-13)24-11-23-16/h2-5,8-10H,6-7,11H2,1H3,(H,21,22)/b20-12-. The number of nitrogens with one attached hydrogen (secondary N) is 1. The molecule has 0 aliphatic carbocycles. The SMILES string of the molecule is C/C(CCc1ccc2c(c1)OCO2)=N/NC(=O)c1ccccc1Br. The van der Waals surface area contributed by atoms with E-state index in [1.165, 1.54) is 0 Å². The molecular weight excluding hydrogens is 372 g/mol. The molecule has 0 saturated heterocycles. The van der Waals surface area contributed by atoms with Gasteiger partial charge >= 0.3 is 0 Å². The number of rotatable bonds is 5. The van der Waals surface area contributed by atoms with Gasteiger partial charge in [0.25, 0.3) is 5.91 Å². The molecule has 0 radical (unpaired) electrons. The molecule has 1 aliphatic rings. The number of fused-ring (bicyclic) bond motifs is 1. The van der Waals surface area contributed by atoms with E-state index in [0.717, 1.165) is 40.1 Å². The molecule has 24 heavy (non-hydrogen) atoms. The predicted octanol–water partition coefficient (Wildman–Crippen LogP) is 3.92. The minimum atomic E-state index is -0.232. The number of nitrogens with zero attached hydrogens (tertiary/aromatic N) is 1. The molecule has 0 fully saturated rings. The van der Waals surface area contributed by atoms with Crippen LogP contribution in [0.5, 0.6) is 11.5 Å². The Morgan fingerprint density at radius 2 is 2.00 bits per heavy atom. The maximum atomic E-state index is 12.1. The van der Waals surface area contributed by atoms with E-state index in [4.69, 9.17) is 9.47 Å². The predicted molar refractivity (Wildman–Crippen MR) is 95.6 cm³/mol. The highest BCUT2D eigenvalue weighted by Gasteiger charge is 2.13. The maximum Gasteiger partial charge on any atom is 0.272 e. The largest absolute Gasteiger partial charge is 0.454 e. The third-order valence-corrected chi connectivity index (χ3v) is 4.37. The van der Waals surface area contributed by atoms with E-state index in [1.807, 2.05) is 43.3 Å². The molecule has 124 valence electrons. The molecule has 1 aliphatic heterocycles. The van der Waals surface area contributed by atoms with Gasteiger partial charge in [-0.15, -0.1) is 0 Å². The van der Waals surface area contributed by atoms with E-state index < -0.39 is 0 Å². The zero-order chi connectivity index (χ0) is 16.9. The van der Waals surface area contributed by atoms with Crippen molar-refractivity contribution in [3.05, 3.63) is 58.1 Å². The molecule has 5 nitrogen and oxygen atoms in total. The smallest absolute Gasteiger partial charge is 0.272 e. The second-order valence-corrected chi connectivity index (χ2v) is 6.31. The first-order valence-corrected chi connectivity index (χ1v) is 8.39. The van der Waals surface area contributed by atoms with Crippen LogP contribution in [0.3, 0.4) is 0 Å². The normalized spacial score (nSPS) is 13.0. The van der Waals surface area contributed by atoms with Crippen molar-refractivity contribution in [3.8, 4) is 11.5 Å². The van der Waals surface area contributed by atoms with Crippen molar-refractivity contribution in [1.82, 2.24) is 5.43 Å². The number of carbonyl (C=O) groups is 1. The van der Waals surface area contributed by atoms with Gasteiger partial charge in [0.1, 0.15) is 0 Å². The number of benzene rings is 2. The highest BCUT2D eigenvalue weighted by atomic mass is 79.9. The first kappa shape index (κ1) is 16.5. The van der Waals surface area contributed by atoms with Crippen molar-refractivity contribution in [1.29, 1.82) is 0 Å². The minimum absolute atomic E-state index is 0.232. The lowest BCUT2D eigenvalue weighted by molar-refractivity contribution is 0.0954. The minimum Gasteiger partial charge on any atom is -0.454 e. The number of halogens is 1. The van der Waals surface area contributed by atoms with Crippen molar-refractivity contribution < 1.29 is 14.3 Å². The lowest BCUT2D eigenvalue weighted by atomic mass is 10.1. The molecule has 3 rings (SSSR count). The summed E-state index contributed by atoms with van der Waals surface area (Å²) in [6, 6.07) is 13.2. The summed E-state index contributed by atoms with van der Waals surface area (Å²) in [6.07, 6.45) is 1.56. The van der Waals surface area contributed by atoms with Crippen molar-refractivity contribution in [2.24, 2.45) is 5.10 Å². The highest BCUT2D eigenvalue weighted by molar-refractivity contribution is 9.10. The first-order valence-electron chi connectivity index (χ1n) is 7.60.